The Morgan fingerprint density at radius 2 is 2.05 bits per heavy atom. The smallest absolute Gasteiger partial charge is 0.273 e. The second kappa shape index (κ2) is 5.35. The molecule has 1 amide bonds. The van der Waals surface area contributed by atoms with Crippen molar-refractivity contribution in [1.29, 1.82) is 0 Å². The second-order valence-electron chi connectivity index (χ2n) is 6.28. The fraction of sp³-hybridized carbons (Fsp3) is 0.533. The highest BCUT2D eigenvalue weighted by Crippen LogP contribution is 2.21. The molecule has 0 aliphatic carbocycles. The molecule has 0 aliphatic rings. The Balaban J connectivity index is 2.11. The number of nitrogens with zero attached hydrogens (tertiary/aromatic N) is 3. The molecule has 1 N–H and O–H groups in total. The van der Waals surface area contributed by atoms with Crippen LogP contribution in [0.3, 0.4) is 0 Å². The van der Waals surface area contributed by atoms with Gasteiger partial charge in [0.05, 0.1) is 17.8 Å². The zero-order chi connectivity index (χ0) is 15.8. The van der Waals surface area contributed by atoms with E-state index < -0.39 is 0 Å². The van der Waals surface area contributed by atoms with E-state index in [-0.39, 0.29) is 17.5 Å². The van der Waals surface area contributed by atoms with Crippen LogP contribution in [0.2, 0.25) is 0 Å². The van der Waals surface area contributed by atoms with E-state index in [1.807, 2.05) is 47.6 Å². The third kappa shape index (κ3) is 3.32. The van der Waals surface area contributed by atoms with Gasteiger partial charge in [-0.1, -0.05) is 5.21 Å². The maximum atomic E-state index is 12.2. The number of furan rings is 1. The normalized spacial score (nSPS) is 13.2. The molecule has 2 aromatic rings. The monoisotopic (exact) mass is 290 g/mol. The largest absolute Gasteiger partial charge is 0.466 e. The van der Waals surface area contributed by atoms with Crippen LogP contribution in [0, 0.1) is 13.8 Å². The minimum Gasteiger partial charge on any atom is -0.466 e. The van der Waals surface area contributed by atoms with Crippen molar-refractivity contribution < 1.29 is 9.21 Å². The van der Waals surface area contributed by atoms with Crippen LogP contribution in [0.1, 0.15) is 61.3 Å². The molecule has 2 rings (SSSR count). The zero-order valence-corrected chi connectivity index (χ0v) is 13.4. The van der Waals surface area contributed by atoms with E-state index in [1.165, 1.54) is 0 Å². The molecule has 21 heavy (non-hydrogen) atoms. The molecule has 2 heterocycles. The molecule has 0 spiro atoms. The molecule has 1 unspecified atom stereocenters. The van der Waals surface area contributed by atoms with Crippen LogP contribution < -0.4 is 5.32 Å². The van der Waals surface area contributed by atoms with Crippen molar-refractivity contribution in [3.63, 3.8) is 0 Å². The highest BCUT2D eigenvalue weighted by Gasteiger charge is 2.21. The van der Waals surface area contributed by atoms with Crippen LogP contribution in [-0.4, -0.2) is 20.9 Å². The van der Waals surface area contributed by atoms with Gasteiger partial charge in [0.25, 0.3) is 5.91 Å². The molecule has 2 aromatic heterocycles. The Bertz CT molecular complexity index is 649. The second-order valence-corrected chi connectivity index (χ2v) is 6.28. The first-order chi connectivity index (χ1) is 9.68. The summed E-state index contributed by atoms with van der Waals surface area (Å²) in [7, 11) is 0. The summed E-state index contributed by atoms with van der Waals surface area (Å²) in [5, 5.41) is 10.8. The van der Waals surface area contributed by atoms with Gasteiger partial charge in [-0.05, 0) is 47.6 Å². The maximum absolute atomic E-state index is 12.2. The third-order valence-electron chi connectivity index (χ3n) is 3.31. The average molecular weight is 290 g/mol. The molecule has 0 bridgehead atoms. The molecule has 6 nitrogen and oxygen atoms in total. The predicted octanol–water partition coefficient (Wildman–Crippen LogP) is 2.73. The van der Waals surface area contributed by atoms with Gasteiger partial charge in [-0.15, -0.1) is 5.10 Å². The lowest BCUT2D eigenvalue weighted by Crippen LogP contribution is -2.27. The lowest BCUT2D eigenvalue weighted by Gasteiger charge is -2.17. The van der Waals surface area contributed by atoms with Crippen LogP contribution in [0.4, 0.5) is 0 Å². The molecule has 0 saturated carbocycles. The van der Waals surface area contributed by atoms with E-state index in [4.69, 9.17) is 4.42 Å². The van der Waals surface area contributed by atoms with Crippen LogP contribution in [-0.2, 0) is 5.54 Å². The fourth-order valence-electron chi connectivity index (χ4n) is 2.12. The number of aryl methyl sites for hydroxylation is 2. The Morgan fingerprint density at radius 1 is 1.38 bits per heavy atom. The summed E-state index contributed by atoms with van der Waals surface area (Å²) in [5.41, 5.74) is 1.09. The SMILES string of the molecule is Cc1cc(C(C)NC(=O)c2cn(C(C)(C)C)nn2)c(C)o1. The molecule has 0 fully saturated rings. The van der Waals surface area contributed by atoms with E-state index in [0.29, 0.717) is 5.69 Å². The van der Waals surface area contributed by atoms with E-state index >= 15 is 0 Å². The maximum Gasteiger partial charge on any atom is 0.273 e. The van der Waals surface area contributed by atoms with Crippen molar-refractivity contribution in [2.45, 2.75) is 53.1 Å². The summed E-state index contributed by atoms with van der Waals surface area (Å²) in [6.07, 6.45) is 1.66. The van der Waals surface area contributed by atoms with Crippen LogP contribution in [0.15, 0.2) is 16.7 Å². The van der Waals surface area contributed by atoms with Gasteiger partial charge in [-0.3, -0.25) is 4.79 Å². The minimum atomic E-state index is -0.240. The molecular formula is C15H22N4O2. The Labute approximate surface area is 124 Å². The molecule has 1 atom stereocenters. The summed E-state index contributed by atoms with van der Waals surface area (Å²) < 4.78 is 7.17. The van der Waals surface area contributed by atoms with Crippen LogP contribution >= 0.6 is 0 Å². The van der Waals surface area contributed by atoms with Crippen molar-refractivity contribution >= 4 is 5.91 Å². The molecule has 0 radical (unpaired) electrons. The standard InChI is InChI=1S/C15H22N4O2/c1-9-7-12(11(3)21-9)10(2)16-14(20)13-8-19(18-17-13)15(4,5)6/h7-8,10H,1-6H3,(H,16,20). The number of rotatable bonds is 3. The van der Waals surface area contributed by atoms with Crippen molar-refractivity contribution in [2.75, 3.05) is 0 Å². The quantitative estimate of drug-likeness (QED) is 0.943. The van der Waals surface area contributed by atoms with Crippen LogP contribution in [0.5, 0.6) is 0 Å². The van der Waals surface area contributed by atoms with Gasteiger partial charge >= 0.3 is 0 Å². The van der Waals surface area contributed by atoms with E-state index in [0.717, 1.165) is 17.1 Å². The average Bonchev–Trinajstić information content (AvgIpc) is 2.95. The summed E-state index contributed by atoms with van der Waals surface area (Å²) in [6, 6.07) is 1.79. The number of carbonyl (C=O) groups is 1. The molecule has 0 saturated heterocycles. The molecule has 0 aromatic carbocycles. The Morgan fingerprint density at radius 3 is 2.52 bits per heavy atom. The highest BCUT2D eigenvalue weighted by molar-refractivity contribution is 5.92. The summed E-state index contributed by atoms with van der Waals surface area (Å²) in [6.45, 7) is 11.7. The van der Waals surface area contributed by atoms with Gasteiger partial charge in [0.1, 0.15) is 11.5 Å². The van der Waals surface area contributed by atoms with Crippen molar-refractivity contribution in [3.05, 3.63) is 35.0 Å². The van der Waals surface area contributed by atoms with Crippen molar-refractivity contribution in [2.24, 2.45) is 0 Å². The Hall–Kier alpha value is -2.11. The van der Waals surface area contributed by atoms with E-state index in [9.17, 15) is 4.79 Å². The molecular weight excluding hydrogens is 268 g/mol. The highest BCUT2D eigenvalue weighted by atomic mass is 16.3. The number of hydrogen-bond acceptors (Lipinski definition) is 4. The number of hydrogen-bond donors (Lipinski definition) is 1. The first-order valence-corrected chi connectivity index (χ1v) is 6.99. The predicted molar refractivity (Wildman–Crippen MR) is 79.1 cm³/mol. The third-order valence-corrected chi connectivity index (χ3v) is 3.31. The topological polar surface area (TPSA) is 73.0 Å². The van der Waals surface area contributed by atoms with Gasteiger partial charge in [0, 0.05) is 5.56 Å². The first kappa shape index (κ1) is 15.3. The molecule has 6 heteroatoms. The van der Waals surface area contributed by atoms with Crippen molar-refractivity contribution in [1.82, 2.24) is 20.3 Å². The number of amides is 1. The van der Waals surface area contributed by atoms with E-state index in [2.05, 4.69) is 15.6 Å². The van der Waals surface area contributed by atoms with Gasteiger partial charge in [0.2, 0.25) is 0 Å². The van der Waals surface area contributed by atoms with Gasteiger partial charge in [-0.25, -0.2) is 4.68 Å². The fourth-order valence-corrected chi connectivity index (χ4v) is 2.12. The summed E-state index contributed by atoms with van der Waals surface area (Å²) in [5.74, 6) is 1.41. The van der Waals surface area contributed by atoms with Gasteiger partial charge in [-0.2, -0.15) is 0 Å². The first-order valence-electron chi connectivity index (χ1n) is 6.99. The lowest BCUT2D eigenvalue weighted by atomic mass is 10.1. The van der Waals surface area contributed by atoms with Gasteiger partial charge < -0.3 is 9.73 Å². The molecule has 0 aliphatic heterocycles. The lowest BCUT2D eigenvalue weighted by molar-refractivity contribution is 0.0934. The Kier molecular flexibility index (Phi) is 3.89. The van der Waals surface area contributed by atoms with E-state index in [1.54, 1.807) is 10.9 Å². The van der Waals surface area contributed by atoms with Crippen LogP contribution in [0.25, 0.3) is 0 Å². The molecule has 114 valence electrons. The van der Waals surface area contributed by atoms with Gasteiger partial charge in [0.15, 0.2) is 5.69 Å². The minimum absolute atomic E-state index is 0.144. The number of aromatic nitrogens is 3. The number of carbonyl (C=O) groups excluding carboxylic acids is 1. The summed E-state index contributed by atoms with van der Waals surface area (Å²) >= 11 is 0. The number of nitrogens with one attached hydrogen (secondary N) is 1. The zero-order valence-electron chi connectivity index (χ0n) is 13.4. The summed E-state index contributed by atoms with van der Waals surface area (Å²) in [4.78, 5) is 12.2. The van der Waals surface area contributed by atoms with Crippen molar-refractivity contribution in [3.8, 4) is 0 Å².